The minimum atomic E-state index is -0.201. The summed E-state index contributed by atoms with van der Waals surface area (Å²) in [4.78, 5) is 49.8. The third-order valence-corrected chi connectivity index (χ3v) is 7.87. The molecule has 0 atom stereocenters. The lowest BCUT2D eigenvalue weighted by atomic mass is 10.1. The van der Waals surface area contributed by atoms with Crippen molar-refractivity contribution in [2.45, 2.75) is 46.7 Å². The molecule has 0 unspecified atom stereocenters. The molecule has 1 aromatic carbocycles. The second kappa shape index (κ2) is 8.96. The van der Waals surface area contributed by atoms with Crippen LogP contribution in [-0.4, -0.2) is 52.4 Å². The maximum atomic E-state index is 13.6. The molecule has 3 aromatic rings. The summed E-state index contributed by atoms with van der Waals surface area (Å²) in [6, 6.07) is 5.11. The number of fused-ring (bicyclic) bond motifs is 2. The Bertz CT molecular complexity index is 1350. The van der Waals surface area contributed by atoms with Crippen LogP contribution in [0, 0.1) is 13.8 Å². The number of nitrogens with zero attached hydrogens (tertiary/aromatic N) is 4. The number of hydrogen-bond acceptors (Lipinski definition) is 7. The van der Waals surface area contributed by atoms with Gasteiger partial charge < -0.3 is 9.64 Å². The van der Waals surface area contributed by atoms with E-state index in [2.05, 4.69) is 4.90 Å². The van der Waals surface area contributed by atoms with Gasteiger partial charge in [-0.3, -0.25) is 23.9 Å². The molecule has 2 aliphatic heterocycles. The first-order valence-electron chi connectivity index (χ1n) is 11.7. The van der Waals surface area contributed by atoms with E-state index in [1.54, 1.807) is 27.7 Å². The number of thiophene rings is 1. The van der Waals surface area contributed by atoms with Gasteiger partial charge in [-0.05, 0) is 70.5 Å². The summed E-state index contributed by atoms with van der Waals surface area (Å²) in [5, 5.41) is 0.599. The third-order valence-electron chi connectivity index (χ3n) is 6.77. The Hall–Kier alpha value is -3.04. The molecule has 34 heavy (non-hydrogen) atoms. The van der Waals surface area contributed by atoms with E-state index in [0.29, 0.717) is 41.3 Å². The van der Waals surface area contributed by atoms with Gasteiger partial charge in [0.25, 0.3) is 11.5 Å². The predicted molar refractivity (Wildman–Crippen MR) is 132 cm³/mol. The van der Waals surface area contributed by atoms with Gasteiger partial charge >= 0.3 is 0 Å². The number of aromatic nitrogens is 2. The van der Waals surface area contributed by atoms with Crippen LogP contribution < -0.4 is 15.2 Å². The molecule has 1 amide bonds. The number of rotatable bonds is 6. The van der Waals surface area contributed by atoms with E-state index >= 15 is 0 Å². The van der Waals surface area contributed by atoms with E-state index in [1.807, 2.05) is 20.8 Å². The van der Waals surface area contributed by atoms with E-state index in [0.717, 1.165) is 41.2 Å². The largest absolute Gasteiger partial charge is 0.482 e. The van der Waals surface area contributed by atoms with Crippen molar-refractivity contribution in [3.05, 3.63) is 50.4 Å². The van der Waals surface area contributed by atoms with Crippen molar-refractivity contribution in [1.82, 2.24) is 14.5 Å². The van der Waals surface area contributed by atoms with Crippen molar-refractivity contribution in [1.29, 1.82) is 0 Å². The Morgan fingerprint density at radius 3 is 2.68 bits per heavy atom. The lowest BCUT2D eigenvalue weighted by Crippen LogP contribution is -2.38. The Morgan fingerprint density at radius 1 is 1.18 bits per heavy atom. The van der Waals surface area contributed by atoms with Gasteiger partial charge in [-0.15, -0.1) is 11.3 Å². The van der Waals surface area contributed by atoms with Crippen LogP contribution in [0.15, 0.2) is 23.0 Å². The number of carbonyl (C=O) groups excluding carboxylic acids is 2. The molecule has 8 nitrogen and oxygen atoms in total. The standard InChI is InChI=1S/C25H28N4O4S/c1-4-28-18-11-17(7-8-20(18)33-14-22(28)31)19(30)12-29-21(13-27-9-5-6-10-27)26-24-23(25(29)32)15(2)16(3)34-24/h7-8,11H,4-6,9-10,12-14H2,1-3H3. The lowest BCUT2D eigenvalue weighted by Gasteiger charge is -2.28. The fraction of sp³-hybridized carbons (Fsp3) is 0.440. The second-order valence-electron chi connectivity index (χ2n) is 8.90. The molecule has 2 aliphatic rings. The molecular formula is C25H28N4O4S. The summed E-state index contributed by atoms with van der Waals surface area (Å²) in [5.41, 5.74) is 1.79. The number of ketones is 1. The fourth-order valence-electron chi connectivity index (χ4n) is 4.75. The van der Waals surface area contributed by atoms with Gasteiger partial charge in [0, 0.05) is 17.0 Å². The zero-order valence-electron chi connectivity index (χ0n) is 19.7. The van der Waals surface area contributed by atoms with Crippen LogP contribution in [-0.2, 0) is 17.9 Å². The van der Waals surface area contributed by atoms with Crippen LogP contribution in [0.1, 0.15) is 46.4 Å². The number of hydrogen-bond donors (Lipinski definition) is 0. The number of carbonyl (C=O) groups is 2. The summed E-state index contributed by atoms with van der Waals surface area (Å²) in [6.07, 6.45) is 2.26. The monoisotopic (exact) mass is 480 g/mol. The first-order valence-corrected chi connectivity index (χ1v) is 12.5. The number of aryl methyl sites for hydroxylation is 2. The van der Waals surface area contributed by atoms with Crippen molar-refractivity contribution in [3.63, 3.8) is 0 Å². The minimum Gasteiger partial charge on any atom is -0.482 e. The number of Topliss-reactive ketones (excluding diaryl/α,β-unsaturated/α-hetero) is 1. The number of anilines is 1. The summed E-state index contributed by atoms with van der Waals surface area (Å²) in [7, 11) is 0. The van der Waals surface area contributed by atoms with Crippen molar-refractivity contribution in [2.75, 3.05) is 31.1 Å². The SMILES string of the molecule is CCN1C(=O)COc2ccc(C(=O)Cn3c(CN4CCCC4)nc4sc(C)c(C)c4c3=O)cc21. The van der Waals surface area contributed by atoms with Crippen LogP contribution in [0.2, 0.25) is 0 Å². The molecule has 4 heterocycles. The lowest BCUT2D eigenvalue weighted by molar-refractivity contribution is -0.121. The highest BCUT2D eigenvalue weighted by atomic mass is 32.1. The van der Waals surface area contributed by atoms with E-state index in [1.165, 1.54) is 11.3 Å². The Balaban J connectivity index is 1.54. The normalized spacial score (nSPS) is 16.2. The molecule has 1 fully saturated rings. The maximum Gasteiger partial charge on any atom is 0.265 e. The molecule has 178 valence electrons. The molecule has 0 saturated carbocycles. The van der Waals surface area contributed by atoms with E-state index < -0.39 is 0 Å². The number of likely N-dealkylation sites (N-methyl/N-ethyl adjacent to an activating group) is 1. The molecule has 1 saturated heterocycles. The van der Waals surface area contributed by atoms with Crippen molar-refractivity contribution >= 4 is 38.9 Å². The molecule has 0 aliphatic carbocycles. The number of ether oxygens (including phenoxy) is 1. The number of benzene rings is 1. The number of amides is 1. The van der Waals surface area contributed by atoms with Gasteiger partial charge in [0.15, 0.2) is 12.4 Å². The highest BCUT2D eigenvalue weighted by Gasteiger charge is 2.26. The first kappa shape index (κ1) is 22.7. The molecule has 0 radical (unpaired) electrons. The Kier molecular flexibility index (Phi) is 5.99. The van der Waals surface area contributed by atoms with E-state index in [9.17, 15) is 14.4 Å². The summed E-state index contributed by atoms with van der Waals surface area (Å²) < 4.78 is 7.07. The highest BCUT2D eigenvalue weighted by molar-refractivity contribution is 7.18. The van der Waals surface area contributed by atoms with Crippen molar-refractivity contribution < 1.29 is 14.3 Å². The first-order chi connectivity index (χ1) is 16.4. The zero-order valence-corrected chi connectivity index (χ0v) is 20.5. The molecule has 9 heteroatoms. The summed E-state index contributed by atoms with van der Waals surface area (Å²) in [5.74, 6) is 0.868. The Labute approximate surface area is 201 Å². The van der Waals surface area contributed by atoms with Crippen LogP contribution in [0.3, 0.4) is 0 Å². The molecule has 2 aromatic heterocycles. The highest BCUT2D eigenvalue weighted by Crippen LogP contribution is 2.33. The molecule has 0 N–H and O–H groups in total. The molecule has 5 rings (SSSR count). The molecular weight excluding hydrogens is 452 g/mol. The molecule has 0 bridgehead atoms. The average Bonchev–Trinajstić information content (AvgIpc) is 3.43. The third kappa shape index (κ3) is 3.92. The van der Waals surface area contributed by atoms with Crippen LogP contribution in [0.25, 0.3) is 10.2 Å². The quantitative estimate of drug-likeness (QED) is 0.504. The van der Waals surface area contributed by atoms with Crippen LogP contribution >= 0.6 is 11.3 Å². The smallest absolute Gasteiger partial charge is 0.265 e. The maximum absolute atomic E-state index is 13.6. The van der Waals surface area contributed by atoms with Crippen LogP contribution in [0.4, 0.5) is 5.69 Å². The van der Waals surface area contributed by atoms with Gasteiger partial charge in [0.05, 0.1) is 24.2 Å². The average molecular weight is 481 g/mol. The van der Waals surface area contributed by atoms with Gasteiger partial charge in [0.1, 0.15) is 16.4 Å². The van der Waals surface area contributed by atoms with Gasteiger partial charge in [-0.1, -0.05) is 0 Å². The van der Waals surface area contributed by atoms with Crippen molar-refractivity contribution in [3.8, 4) is 5.75 Å². The fourth-order valence-corrected chi connectivity index (χ4v) is 5.79. The van der Waals surface area contributed by atoms with E-state index in [-0.39, 0.29) is 30.4 Å². The number of likely N-dealkylation sites (tertiary alicyclic amines) is 1. The van der Waals surface area contributed by atoms with Gasteiger partial charge in [-0.25, -0.2) is 4.98 Å². The second-order valence-corrected chi connectivity index (χ2v) is 10.1. The predicted octanol–water partition coefficient (Wildman–Crippen LogP) is 3.30. The van der Waals surface area contributed by atoms with Crippen LogP contribution in [0.5, 0.6) is 5.75 Å². The van der Waals surface area contributed by atoms with Crippen molar-refractivity contribution in [2.24, 2.45) is 0 Å². The summed E-state index contributed by atoms with van der Waals surface area (Å²) in [6.45, 7) is 8.68. The van der Waals surface area contributed by atoms with Gasteiger partial charge in [-0.2, -0.15) is 0 Å². The Morgan fingerprint density at radius 2 is 1.94 bits per heavy atom. The topological polar surface area (TPSA) is 84.7 Å². The summed E-state index contributed by atoms with van der Waals surface area (Å²) >= 11 is 1.53. The van der Waals surface area contributed by atoms with E-state index in [4.69, 9.17) is 9.72 Å². The minimum absolute atomic E-state index is 0.00548. The zero-order chi connectivity index (χ0) is 24.0. The van der Waals surface area contributed by atoms with Gasteiger partial charge in [0.2, 0.25) is 0 Å². The molecule has 0 spiro atoms.